The molecule has 4 nitrogen and oxygen atoms in total. The fraction of sp³-hybridized carbons (Fsp3) is 0.615. The summed E-state index contributed by atoms with van der Waals surface area (Å²) in [5.41, 5.74) is 1.12. The molecule has 104 valence electrons. The highest BCUT2D eigenvalue weighted by Gasteiger charge is 2.48. The lowest BCUT2D eigenvalue weighted by atomic mass is 9.67. The van der Waals surface area contributed by atoms with Gasteiger partial charge in [-0.1, -0.05) is 11.6 Å². The highest BCUT2D eigenvalue weighted by atomic mass is 35.5. The van der Waals surface area contributed by atoms with Crippen molar-refractivity contribution >= 4 is 21.4 Å². The summed E-state index contributed by atoms with van der Waals surface area (Å²) in [6.45, 7) is 1.76. The van der Waals surface area contributed by atoms with Crippen molar-refractivity contribution in [2.75, 3.05) is 24.6 Å². The summed E-state index contributed by atoms with van der Waals surface area (Å²) in [4.78, 5) is 4.00. The van der Waals surface area contributed by atoms with Gasteiger partial charge in [0.15, 0.2) is 9.84 Å². The Labute approximate surface area is 118 Å². The van der Waals surface area contributed by atoms with Gasteiger partial charge in [0.25, 0.3) is 0 Å². The highest BCUT2D eigenvalue weighted by Crippen LogP contribution is 2.42. The van der Waals surface area contributed by atoms with E-state index in [4.69, 9.17) is 11.6 Å². The third-order valence-corrected chi connectivity index (χ3v) is 6.56. The van der Waals surface area contributed by atoms with Crippen molar-refractivity contribution < 1.29 is 8.42 Å². The Hall–Kier alpha value is -0.650. The van der Waals surface area contributed by atoms with Crippen LogP contribution < -0.4 is 5.32 Å². The van der Waals surface area contributed by atoms with E-state index in [0.717, 1.165) is 31.5 Å². The topological polar surface area (TPSA) is 59.1 Å². The van der Waals surface area contributed by atoms with Gasteiger partial charge in [-0.2, -0.15) is 0 Å². The van der Waals surface area contributed by atoms with E-state index in [0.29, 0.717) is 16.5 Å². The van der Waals surface area contributed by atoms with Crippen LogP contribution in [0.1, 0.15) is 12.0 Å². The monoisotopic (exact) mass is 300 g/mol. The van der Waals surface area contributed by atoms with Crippen LogP contribution in [0, 0.1) is 11.3 Å². The molecule has 0 aromatic carbocycles. The molecule has 0 radical (unpaired) electrons. The first kappa shape index (κ1) is 13.3. The van der Waals surface area contributed by atoms with Gasteiger partial charge in [0, 0.05) is 30.9 Å². The average molecular weight is 301 g/mol. The van der Waals surface area contributed by atoms with Crippen molar-refractivity contribution in [2.24, 2.45) is 11.3 Å². The molecule has 1 aromatic rings. The Kier molecular flexibility index (Phi) is 3.31. The maximum Gasteiger partial charge on any atom is 0.150 e. The van der Waals surface area contributed by atoms with Crippen LogP contribution in [0.3, 0.4) is 0 Å². The summed E-state index contributed by atoms with van der Waals surface area (Å²) in [5.74, 6) is 0.920. The lowest BCUT2D eigenvalue weighted by Gasteiger charge is -2.47. The van der Waals surface area contributed by atoms with Crippen LogP contribution in [0.5, 0.6) is 0 Å². The Morgan fingerprint density at radius 2 is 2.26 bits per heavy atom. The lowest BCUT2D eigenvalue weighted by Crippen LogP contribution is -2.59. The normalized spacial score (nSPS) is 27.9. The second kappa shape index (κ2) is 4.72. The second-order valence-corrected chi connectivity index (χ2v) is 8.35. The van der Waals surface area contributed by atoms with Crippen LogP contribution in [-0.2, 0) is 16.3 Å². The van der Waals surface area contributed by atoms with Crippen molar-refractivity contribution in [3.63, 3.8) is 0 Å². The molecule has 2 fully saturated rings. The molecule has 3 heterocycles. The molecule has 2 saturated heterocycles. The first-order valence-corrected chi connectivity index (χ1v) is 8.70. The van der Waals surface area contributed by atoms with E-state index in [1.165, 1.54) is 0 Å². The number of aromatic nitrogens is 1. The summed E-state index contributed by atoms with van der Waals surface area (Å²) >= 11 is 6.17. The predicted octanol–water partition coefficient (Wildman–Crippen LogP) is 1.30. The molecule has 1 atom stereocenters. The Morgan fingerprint density at radius 3 is 2.79 bits per heavy atom. The number of hydrogen-bond donors (Lipinski definition) is 1. The SMILES string of the molecule is O=S1(=O)CCC(C2(Cc3ccncc3Cl)CNC2)C1. The molecule has 0 saturated carbocycles. The molecule has 1 N–H and O–H groups in total. The van der Waals surface area contributed by atoms with Gasteiger partial charge >= 0.3 is 0 Å². The van der Waals surface area contributed by atoms with E-state index in [9.17, 15) is 8.42 Å². The van der Waals surface area contributed by atoms with Gasteiger partial charge in [-0.3, -0.25) is 4.98 Å². The number of nitrogens with zero attached hydrogens (tertiary/aromatic N) is 1. The fourth-order valence-electron chi connectivity index (χ4n) is 3.21. The minimum absolute atomic E-state index is 0.0502. The van der Waals surface area contributed by atoms with Gasteiger partial charge in [-0.25, -0.2) is 8.42 Å². The molecule has 0 bridgehead atoms. The molecule has 2 aliphatic heterocycles. The van der Waals surface area contributed by atoms with E-state index in [-0.39, 0.29) is 11.3 Å². The molecule has 2 aliphatic rings. The molecule has 1 aromatic heterocycles. The van der Waals surface area contributed by atoms with Gasteiger partial charge in [-0.15, -0.1) is 0 Å². The zero-order valence-electron chi connectivity index (χ0n) is 10.6. The quantitative estimate of drug-likeness (QED) is 0.914. The Bertz CT molecular complexity index is 584. The largest absolute Gasteiger partial charge is 0.315 e. The summed E-state index contributed by atoms with van der Waals surface area (Å²) in [6, 6.07) is 1.94. The molecular formula is C13H17ClN2O2S. The molecular weight excluding hydrogens is 284 g/mol. The zero-order chi connectivity index (χ0) is 13.5. The van der Waals surface area contributed by atoms with Crippen LogP contribution in [0.2, 0.25) is 5.02 Å². The molecule has 6 heteroatoms. The predicted molar refractivity (Wildman–Crippen MR) is 75.0 cm³/mol. The van der Waals surface area contributed by atoms with Gasteiger partial charge in [-0.05, 0) is 30.4 Å². The zero-order valence-corrected chi connectivity index (χ0v) is 12.2. The average Bonchev–Trinajstić information content (AvgIpc) is 2.67. The maximum absolute atomic E-state index is 11.7. The van der Waals surface area contributed by atoms with Crippen LogP contribution in [0.4, 0.5) is 0 Å². The van der Waals surface area contributed by atoms with Gasteiger partial charge in [0.05, 0.1) is 16.5 Å². The number of sulfone groups is 1. The number of rotatable bonds is 3. The summed E-state index contributed by atoms with van der Waals surface area (Å²) in [6.07, 6.45) is 5.02. The number of halogens is 1. The first-order chi connectivity index (χ1) is 9.01. The van der Waals surface area contributed by atoms with Gasteiger partial charge in [0.2, 0.25) is 0 Å². The van der Waals surface area contributed by atoms with Crippen LogP contribution in [0.25, 0.3) is 0 Å². The molecule has 19 heavy (non-hydrogen) atoms. The third kappa shape index (κ3) is 2.51. The van der Waals surface area contributed by atoms with Crippen molar-refractivity contribution in [1.29, 1.82) is 0 Å². The number of hydrogen-bond acceptors (Lipinski definition) is 4. The van der Waals surface area contributed by atoms with Crippen LogP contribution >= 0.6 is 11.6 Å². The highest BCUT2D eigenvalue weighted by molar-refractivity contribution is 7.91. The van der Waals surface area contributed by atoms with Crippen molar-refractivity contribution in [3.8, 4) is 0 Å². The maximum atomic E-state index is 11.7. The van der Waals surface area contributed by atoms with Crippen LogP contribution in [-0.4, -0.2) is 38.0 Å². The fourth-order valence-corrected chi connectivity index (χ4v) is 5.34. The van der Waals surface area contributed by atoms with Crippen molar-refractivity contribution in [2.45, 2.75) is 12.8 Å². The summed E-state index contributed by atoms with van der Waals surface area (Å²) in [7, 11) is -2.83. The van der Waals surface area contributed by atoms with E-state index < -0.39 is 9.84 Å². The van der Waals surface area contributed by atoms with Crippen molar-refractivity contribution in [3.05, 3.63) is 29.0 Å². The Morgan fingerprint density at radius 1 is 1.47 bits per heavy atom. The molecule has 0 amide bonds. The second-order valence-electron chi connectivity index (χ2n) is 5.71. The standard InChI is InChI=1S/C13H17ClN2O2S/c14-12-6-15-3-1-10(12)5-13(8-16-9-13)11-2-4-19(17,18)7-11/h1,3,6,11,16H,2,4-5,7-9H2. The summed E-state index contributed by atoms with van der Waals surface area (Å²) in [5, 5.41) is 3.97. The Balaban J connectivity index is 1.83. The summed E-state index contributed by atoms with van der Waals surface area (Å²) < 4.78 is 23.4. The minimum Gasteiger partial charge on any atom is -0.315 e. The minimum atomic E-state index is -2.83. The third-order valence-electron chi connectivity index (χ3n) is 4.45. The van der Waals surface area contributed by atoms with Gasteiger partial charge in [0.1, 0.15) is 0 Å². The smallest absolute Gasteiger partial charge is 0.150 e. The van der Waals surface area contributed by atoms with Crippen LogP contribution in [0.15, 0.2) is 18.5 Å². The molecule has 0 aliphatic carbocycles. The van der Waals surface area contributed by atoms with E-state index in [2.05, 4.69) is 10.3 Å². The molecule has 3 rings (SSSR count). The molecule has 0 spiro atoms. The van der Waals surface area contributed by atoms with E-state index in [1.807, 2.05) is 6.07 Å². The van der Waals surface area contributed by atoms with Gasteiger partial charge < -0.3 is 5.32 Å². The molecule has 1 unspecified atom stereocenters. The first-order valence-electron chi connectivity index (χ1n) is 6.50. The van der Waals surface area contributed by atoms with E-state index >= 15 is 0 Å². The van der Waals surface area contributed by atoms with Crippen molar-refractivity contribution in [1.82, 2.24) is 10.3 Å². The lowest BCUT2D eigenvalue weighted by molar-refractivity contribution is 0.0925. The van der Waals surface area contributed by atoms with E-state index in [1.54, 1.807) is 12.4 Å². The number of nitrogens with one attached hydrogen (secondary N) is 1. The number of pyridine rings is 1.